The molecule has 2 heterocycles. The van der Waals surface area contributed by atoms with E-state index in [2.05, 4.69) is 53.9 Å². The van der Waals surface area contributed by atoms with Crippen molar-refractivity contribution in [3.05, 3.63) is 0 Å². The number of nitrogens with zero attached hydrogens (tertiary/aromatic N) is 4. The van der Waals surface area contributed by atoms with Gasteiger partial charge < -0.3 is 14.7 Å². The first-order chi connectivity index (χ1) is 9.65. The number of hydrogen-bond donors (Lipinski definition) is 0. The van der Waals surface area contributed by atoms with Crippen LogP contribution in [-0.4, -0.2) is 99.1 Å². The van der Waals surface area contributed by atoms with E-state index in [9.17, 15) is 0 Å². The molecule has 2 unspecified atom stereocenters. The maximum absolute atomic E-state index is 4.67. The van der Waals surface area contributed by atoms with Crippen LogP contribution in [0.3, 0.4) is 0 Å². The van der Waals surface area contributed by atoms with Crippen molar-refractivity contribution in [2.45, 2.75) is 6.42 Å². The minimum absolute atomic E-state index is 0.757. The quantitative estimate of drug-likeness (QED) is 0.591. The van der Waals surface area contributed by atoms with E-state index in [1.54, 1.807) is 0 Å². The van der Waals surface area contributed by atoms with Crippen molar-refractivity contribution >= 4 is 20.2 Å². The Labute approximate surface area is 138 Å². The van der Waals surface area contributed by atoms with Crippen molar-refractivity contribution in [2.24, 2.45) is 0 Å². The van der Waals surface area contributed by atoms with E-state index in [4.69, 9.17) is 0 Å². The number of hydrogen-bond acceptors (Lipinski definition) is 4. The summed E-state index contributed by atoms with van der Waals surface area (Å²) in [5.74, 6) is 0. The zero-order valence-electron chi connectivity index (χ0n) is 12.6. The van der Waals surface area contributed by atoms with E-state index >= 15 is 0 Å². The van der Waals surface area contributed by atoms with E-state index in [1.807, 2.05) is 0 Å². The first-order valence-electron chi connectivity index (χ1n) is 7.28. The molecule has 2 aliphatic heterocycles. The molecule has 0 N–H and O–H groups in total. The van der Waals surface area contributed by atoms with Gasteiger partial charge in [0.2, 0.25) is 0 Å². The Balaban J connectivity index is 0.000000612. The molecule has 0 aromatic heterocycles. The Morgan fingerprint density at radius 2 is 0.950 bits per heavy atom. The van der Waals surface area contributed by atoms with Crippen LogP contribution in [0, 0.1) is 0 Å². The molecule has 2 fully saturated rings. The molecular weight excluding hydrogens is 347 g/mol. The Hall–Kier alpha value is 0.939. The molecule has 0 aromatic rings. The third-order valence-electron chi connectivity index (χ3n) is 4.14. The van der Waals surface area contributed by atoms with Gasteiger partial charge in [-0.15, -0.1) is 0 Å². The van der Waals surface area contributed by atoms with Crippen molar-refractivity contribution < 1.29 is 13.1 Å². The molecule has 2 saturated heterocycles. The summed E-state index contributed by atoms with van der Waals surface area (Å²) in [5.41, 5.74) is 0. The maximum atomic E-state index is 4.67. The third-order valence-corrected chi connectivity index (χ3v) is 4.14. The fourth-order valence-corrected chi connectivity index (χ4v) is 2.68. The summed E-state index contributed by atoms with van der Waals surface area (Å²) >= 11 is 0.757. The average molecular weight is 375 g/mol. The van der Waals surface area contributed by atoms with Gasteiger partial charge in [-0.25, -0.2) is 0 Å². The first-order valence-corrected chi connectivity index (χ1v) is 9.88. The monoisotopic (exact) mass is 374 g/mol. The summed E-state index contributed by atoms with van der Waals surface area (Å²) in [5, 5.41) is 0. The van der Waals surface area contributed by atoms with Crippen LogP contribution in [0.1, 0.15) is 6.42 Å². The summed E-state index contributed by atoms with van der Waals surface area (Å²) in [4.78, 5) is 10.2. The normalized spacial score (nSPS) is 30.8. The van der Waals surface area contributed by atoms with Crippen LogP contribution < -0.4 is 0 Å². The molecule has 0 aliphatic carbocycles. The molecule has 125 valence electrons. The Morgan fingerprint density at radius 3 is 1.45 bits per heavy atom. The van der Waals surface area contributed by atoms with Crippen molar-refractivity contribution in [1.82, 2.24) is 19.6 Å². The molecule has 2 bridgehead atoms. The van der Waals surface area contributed by atoms with Crippen molar-refractivity contribution in [3.8, 4) is 0 Å². The van der Waals surface area contributed by atoms with Gasteiger partial charge in [0.25, 0.3) is 0 Å². The van der Waals surface area contributed by atoms with Gasteiger partial charge in [-0.2, -0.15) is 0 Å². The van der Waals surface area contributed by atoms with Crippen LogP contribution in [0.2, 0.25) is 0 Å². The zero-order valence-corrected chi connectivity index (χ0v) is 15.1. The van der Waals surface area contributed by atoms with E-state index in [1.165, 1.54) is 71.9 Å². The molecule has 2 aliphatic rings. The van der Waals surface area contributed by atoms with Gasteiger partial charge in [0.1, 0.15) is 0 Å². The molecule has 2 rings (SSSR count). The molecule has 7 heteroatoms. The number of likely N-dealkylation sites (N-methyl/N-ethyl adjacent to an activating group) is 2. The van der Waals surface area contributed by atoms with E-state index in [0.29, 0.717) is 0 Å². The second-order valence-electron chi connectivity index (χ2n) is 5.69. The van der Waals surface area contributed by atoms with Gasteiger partial charge in [-0.3, -0.25) is 4.90 Å². The fourth-order valence-electron chi connectivity index (χ4n) is 2.68. The summed E-state index contributed by atoms with van der Waals surface area (Å²) in [6.45, 7) is 12.4. The fraction of sp³-hybridized carbons (Fsp3) is 1.00. The van der Waals surface area contributed by atoms with Gasteiger partial charge in [-0.1, -0.05) is 0 Å². The Bertz CT molecular complexity index is 248. The Kier molecular flexibility index (Phi) is 10.9. The molecular formula is C13H28Cl2CuN4. The molecule has 0 saturated carbocycles. The predicted octanol–water partition coefficient (Wildman–Crippen LogP) is 1.25. The Morgan fingerprint density at radius 1 is 0.600 bits per heavy atom. The molecule has 0 amide bonds. The van der Waals surface area contributed by atoms with Crippen LogP contribution in [-0.2, 0) is 13.1 Å². The SMILES string of the molecule is CN1CCCN2CCN(C)CCN(CC1)CC2.[Cl][64Cu][Cl]. The van der Waals surface area contributed by atoms with Crippen LogP contribution in [0.5, 0.6) is 0 Å². The van der Waals surface area contributed by atoms with E-state index in [0.717, 1.165) is 13.1 Å². The number of halogens is 2. The summed E-state index contributed by atoms with van der Waals surface area (Å²) in [7, 11) is 13.9. The first kappa shape index (κ1) is 19.0. The van der Waals surface area contributed by atoms with Gasteiger partial charge in [-0.05, 0) is 33.6 Å². The van der Waals surface area contributed by atoms with Crippen molar-refractivity contribution in [1.29, 1.82) is 0 Å². The molecule has 2 atom stereocenters. The van der Waals surface area contributed by atoms with Crippen molar-refractivity contribution in [3.63, 3.8) is 0 Å². The van der Waals surface area contributed by atoms with E-state index < -0.39 is 0 Å². The number of fused-ring (bicyclic) bond motifs is 3. The molecule has 20 heavy (non-hydrogen) atoms. The van der Waals surface area contributed by atoms with E-state index in [-0.39, 0.29) is 0 Å². The second-order valence-corrected chi connectivity index (χ2v) is 7.24. The van der Waals surface area contributed by atoms with Crippen LogP contribution in [0.15, 0.2) is 0 Å². The zero-order chi connectivity index (χ0) is 14.8. The van der Waals surface area contributed by atoms with Gasteiger partial charge >= 0.3 is 33.3 Å². The summed E-state index contributed by atoms with van der Waals surface area (Å²) in [6, 6.07) is 0. The topological polar surface area (TPSA) is 13.0 Å². The standard InChI is InChI=1S/C13H28N4.2ClH.Cu/c1-14-4-3-5-16-9-7-15(2)8-11-17(10-6-14)13-12-16;;;/h3-13H2,1-2H3;2*1H;/q;;;+2/p-2/i;;;1+0. The average Bonchev–Trinajstić information content (AvgIpc) is 2.51. The molecule has 0 aromatic carbocycles. The predicted molar refractivity (Wildman–Crippen MR) is 84.2 cm³/mol. The molecule has 0 radical (unpaired) electrons. The number of rotatable bonds is 0. The second kappa shape index (κ2) is 11.5. The van der Waals surface area contributed by atoms with Crippen LogP contribution in [0.25, 0.3) is 0 Å². The van der Waals surface area contributed by atoms with Crippen LogP contribution in [0.4, 0.5) is 0 Å². The third kappa shape index (κ3) is 8.40. The van der Waals surface area contributed by atoms with Gasteiger partial charge in [0.15, 0.2) is 0 Å². The minimum atomic E-state index is 0.757. The van der Waals surface area contributed by atoms with Crippen molar-refractivity contribution in [2.75, 3.05) is 79.5 Å². The van der Waals surface area contributed by atoms with Gasteiger partial charge in [0, 0.05) is 52.4 Å². The van der Waals surface area contributed by atoms with Crippen LogP contribution >= 0.6 is 20.2 Å². The van der Waals surface area contributed by atoms with Gasteiger partial charge in [0.05, 0.1) is 0 Å². The molecule has 4 nitrogen and oxygen atoms in total. The molecule has 0 spiro atoms. The summed E-state index contributed by atoms with van der Waals surface area (Å²) in [6.07, 6.45) is 1.32. The summed E-state index contributed by atoms with van der Waals surface area (Å²) < 4.78 is 0.